The topological polar surface area (TPSA) is 104 Å². The van der Waals surface area contributed by atoms with E-state index < -0.39 is 17.6 Å². The van der Waals surface area contributed by atoms with Crippen LogP contribution in [0.5, 0.6) is 11.5 Å². The van der Waals surface area contributed by atoms with Gasteiger partial charge in [0.05, 0.1) is 17.2 Å². The number of rotatable bonds is 7. The number of aromatic nitrogens is 1. The summed E-state index contributed by atoms with van der Waals surface area (Å²) in [5, 5.41) is 13.0. The maximum atomic E-state index is 12.9. The lowest BCUT2D eigenvalue weighted by molar-refractivity contribution is -0.123. The monoisotopic (exact) mass is 542 g/mol. The Balaban J connectivity index is 1.04. The van der Waals surface area contributed by atoms with Crippen LogP contribution in [0.2, 0.25) is 0 Å². The molecule has 2 fully saturated rings. The molecule has 0 bridgehead atoms. The number of carbonyl (C=O) groups is 2. The number of anilines is 2. The highest BCUT2D eigenvalue weighted by atomic mass is 19.3. The second-order valence-electron chi connectivity index (χ2n) is 11.3. The van der Waals surface area contributed by atoms with Gasteiger partial charge in [0.1, 0.15) is 23.9 Å². The molecule has 2 amide bonds. The maximum Gasteiger partial charge on any atom is 0.387 e. The Morgan fingerprint density at radius 3 is 2.64 bits per heavy atom. The highest BCUT2D eigenvalue weighted by Crippen LogP contribution is 2.46. The van der Waals surface area contributed by atoms with Crippen molar-refractivity contribution in [1.82, 2.24) is 9.88 Å². The predicted molar refractivity (Wildman–Crippen MR) is 138 cm³/mol. The van der Waals surface area contributed by atoms with E-state index in [-0.39, 0.29) is 23.6 Å². The number of hydrogen-bond acceptors (Lipinski definition) is 7. The van der Waals surface area contributed by atoms with E-state index in [1.807, 2.05) is 6.07 Å². The first-order chi connectivity index (χ1) is 18.6. The van der Waals surface area contributed by atoms with E-state index in [2.05, 4.69) is 19.9 Å². The Bertz CT molecular complexity index is 1290. The van der Waals surface area contributed by atoms with Crippen LogP contribution in [0.4, 0.5) is 20.3 Å². The SMILES string of the molecule is C[C@]1(O)C[C@@H](N2C(=O)CCc3cc(OCCN4CCC5(CC4)C(=O)Nc4ccc(OC(F)F)cc45)cnc32)C1. The Labute approximate surface area is 225 Å². The molecule has 1 aromatic heterocycles. The molecule has 2 aromatic rings. The van der Waals surface area contributed by atoms with Crippen LogP contribution in [0.25, 0.3) is 0 Å². The highest BCUT2D eigenvalue weighted by molar-refractivity contribution is 6.06. The molecule has 2 N–H and O–H groups in total. The molecule has 3 aliphatic heterocycles. The summed E-state index contributed by atoms with van der Waals surface area (Å²) < 4.78 is 36.0. The molecular weight excluding hydrogens is 510 g/mol. The van der Waals surface area contributed by atoms with Crippen LogP contribution in [0.15, 0.2) is 30.5 Å². The molecular formula is C28H32F2N4O5. The first-order valence-corrected chi connectivity index (χ1v) is 13.4. The van der Waals surface area contributed by atoms with Crippen LogP contribution in [-0.4, -0.2) is 71.3 Å². The van der Waals surface area contributed by atoms with Gasteiger partial charge >= 0.3 is 6.61 Å². The third kappa shape index (κ3) is 4.82. The lowest BCUT2D eigenvalue weighted by atomic mass is 9.73. The first-order valence-electron chi connectivity index (χ1n) is 13.4. The number of aliphatic hydroxyl groups is 1. The number of carbonyl (C=O) groups excluding carboxylic acids is 2. The second-order valence-corrected chi connectivity index (χ2v) is 11.3. The lowest BCUT2D eigenvalue weighted by Crippen LogP contribution is -2.57. The summed E-state index contributed by atoms with van der Waals surface area (Å²) >= 11 is 0. The summed E-state index contributed by atoms with van der Waals surface area (Å²) in [6.07, 6.45) is 4.91. The number of aryl methyl sites for hydroxylation is 1. The lowest BCUT2D eigenvalue weighted by Gasteiger charge is -2.47. The van der Waals surface area contributed by atoms with E-state index in [1.165, 1.54) is 6.07 Å². The van der Waals surface area contributed by atoms with Crippen LogP contribution >= 0.6 is 0 Å². The number of likely N-dealkylation sites (tertiary alicyclic amines) is 1. The molecule has 0 unspecified atom stereocenters. The standard InChI is InChI=1S/C28H32F2N4O5/c1-27(37)14-18(15-27)34-23(35)5-2-17-12-20(16-31-24(17)34)38-11-10-33-8-6-28(7-9-33)21-13-19(39-26(29)30)3-4-22(21)32-25(28)36/h3-4,12-13,16,18,26,37H,2,5-11,14-15H2,1H3,(H,32,36)/t18-,27+. The molecule has 1 aromatic carbocycles. The Kier molecular flexibility index (Phi) is 6.46. The number of nitrogens with one attached hydrogen (secondary N) is 1. The number of piperidine rings is 1. The van der Waals surface area contributed by atoms with Crippen molar-refractivity contribution < 1.29 is 33.0 Å². The van der Waals surface area contributed by atoms with Crippen LogP contribution in [-0.2, 0) is 21.4 Å². The molecule has 0 atom stereocenters. The van der Waals surface area contributed by atoms with Crippen molar-refractivity contribution in [3.63, 3.8) is 0 Å². The molecule has 11 heteroatoms. The Hall–Kier alpha value is -3.31. The van der Waals surface area contributed by atoms with Crippen molar-refractivity contribution in [2.45, 2.75) is 69.1 Å². The smallest absolute Gasteiger partial charge is 0.387 e. The summed E-state index contributed by atoms with van der Waals surface area (Å²) in [6.45, 7) is 1.31. The van der Waals surface area contributed by atoms with E-state index in [9.17, 15) is 23.5 Å². The van der Waals surface area contributed by atoms with E-state index in [0.29, 0.717) is 82.0 Å². The molecule has 1 saturated carbocycles. The summed E-state index contributed by atoms with van der Waals surface area (Å²) in [4.78, 5) is 34.0. The van der Waals surface area contributed by atoms with Crippen molar-refractivity contribution >= 4 is 23.3 Å². The van der Waals surface area contributed by atoms with E-state index in [1.54, 1.807) is 30.2 Å². The second kappa shape index (κ2) is 9.71. The molecule has 39 heavy (non-hydrogen) atoms. The van der Waals surface area contributed by atoms with Crippen molar-refractivity contribution in [3.05, 3.63) is 41.6 Å². The van der Waals surface area contributed by atoms with Crippen molar-refractivity contribution in [2.75, 3.05) is 36.5 Å². The molecule has 0 radical (unpaired) electrons. The minimum atomic E-state index is -2.92. The van der Waals surface area contributed by atoms with E-state index in [4.69, 9.17) is 4.74 Å². The molecule has 1 saturated heterocycles. The number of hydrogen-bond donors (Lipinski definition) is 2. The van der Waals surface area contributed by atoms with Crippen LogP contribution in [0, 0.1) is 0 Å². The number of nitrogens with zero attached hydrogens (tertiary/aromatic N) is 3. The Morgan fingerprint density at radius 1 is 1.15 bits per heavy atom. The number of alkyl halides is 2. The molecule has 6 rings (SSSR count). The van der Waals surface area contributed by atoms with Crippen LogP contribution < -0.4 is 19.7 Å². The summed E-state index contributed by atoms with van der Waals surface area (Å²) in [5.41, 5.74) is 0.880. The van der Waals surface area contributed by atoms with Crippen molar-refractivity contribution in [2.24, 2.45) is 0 Å². The summed E-state index contributed by atoms with van der Waals surface area (Å²) in [6, 6.07) is 6.55. The highest BCUT2D eigenvalue weighted by Gasteiger charge is 2.49. The predicted octanol–water partition coefficient (Wildman–Crippen LogP) is 3.24. The van der Waals surface area contributed by atoms with Crippen LogP contribution in [0.1, 0.15) is 50.2 Å². The molecule has 1 spiro atoms. The van der Waals surface area contributed by atoms with Gasteiger partial charge < -0.3 is 19.9 Å². The fraction of sp³-hybridized carbons (Fsp3) is 0.536. The quantitative estimate of drug-likeness (QED) is 0.554. The Morgan fingerprint density at radius 2 is 1.92 bits per heavy atom. The maximum absolute atomic E-state index is 12.9. The number of amides is 2. The van der Waals surface area contributed by atoms with Crippen molar-refractivity contribution in [3.8, 4) is 11.5 Å². The zero-order valence-electron chi connectivity index (χ0n) is 21.8. The van der Waals surface area contributed by atoms with Gasteiger partial charge in [0.25, 0.3) is 0 Å². The average molecular weight is 543 g/mol. The number of benzene rings is 1. The average Bonchev–Trinajstić information content (AvgIpc) is 3.14. The molecule has 4 aliphatic rings. The number of pyridine rings is 1. The molecule has 9 nitrogen and oxygen atoms in total. The zero-order valence-corrected chi connectivity index (χ0v) is 21.8. The van der Waals surface area contributed by atoms with Crippen molar-refractivity contribution in [1.29, 1.82) is 0 Å². The third-order valence-electron chi connectivity index (χ3n) is 8.54. The minimum absolute atomic E-state index is 0.0226. The van der Waals surface area contributed by atoms with Gasteiger partial charge in [0, 0.05) is 24.7 Å². The van der Waals surface area contributed by atoms with Gasteiger partial charge in [0.15, 0.2) is 0 Å². The third-order valence-corrected chi connectivity index (χ3v) is 8.54. The number of fused-ring (bicyclic) bond motifs is 3. The number of ether oxygens (including phenoxy) is 2. The first kappa shape index (κ1) is 25.9. The molecule has 4 heterocycles. The molecule has 1 aliphatic carbocycles. The fourth-order valence-electron chi connectivity index (χ4n) is 6.47. The van der Waals surface area contributed by atoms with Gasteiger partial charge in [0.2, 0.25) is 11.8 Å². The summed E-state index contributed by atoms with van der Waals surface area (Å²) in [5.74, 6) is 1.32. The number of halogens is 2. The van der Waals surface area contributed by atoms with Gasteiger partial charge in [-0.15, -0.1) is 0 Å². The van der Waals surface area contributed by atoms with Gasteiger partial charge in [-0.25, -0.2) is 4.98 Å². The fourth-order valence-corrected chi connectivity index (χ4v) is 6.47. The van der Waals surface area contributed by atoms with Gasteiger partial charge in [-0.05, 0) is 87.5 Å². The van der Waals surface area contributed by atoms with Gasteiger partial charge in [-0.3, -0.25) is 19.4 Å². The molecule has 208 valence electrons. The normalized spacial score (nSPS) is 25.8. The van der Waals surface area contributed by atoms with Gasteiger partial charge in [-0.2, -0.15) is 8.78 Å². The largest absolute Gasteiger partial charge is 0.491 e. The van der Waals surface area contributed by atoms with Crippen LogP contribution in [0.3, 0.4) is 0 Å². The minimum Gasteiger partial charge on any atom is -0.491 e. The zero-order chi connectivity index (χ0) is 27.4. The van der Waals surface area contributed by atoms with Gasteiger partial charge in [-0.1, -0.05) is 0 Å². The van der Waals surface area contributed by atoms with E-state index in [0.717, 1.165) is 11.1 Å². The summed E-state index contributed by atoms with van der Waals surface area (Å²) in [7, 11) is 0. The van der Waals surface area contributed by atoms with E-state index >= 15 is 0 Å².